The predicted molar refractivity (Wildman–Crippen MR) is 100 cm³/mol. The number of nitrogens with zero attached hydrogens (tertiary/aromatic N) is 3. The molecule has 0 aliphatic carbocycles. The third-order valence-corrected chi connectivity index (χ3v) is 4.20. The van der Waals surface area contributed by atoms with Gasteiger partial charge in [-0.2, -0.15) is 0 Å². The number of carbonyl (C=O) groups is 1. The first-order valence-corrected chi connectivity index (χ1v) is 8.27. The molecule has 0 bridgehead atoms. The number of fused-ring (bicyclic) bond motifs is 2. The summed E-state index contributed by atoms with van der Waals surface area (Å²) in [6.45, 7) is 3.99. The van der Waals surface area contributed by atoms with Gasteiger partial charge in [0.05, 0.1) is 11.4 Å². The van der Waals surface area contributed by atoms with E-state index in [1.54, 1.807) is 11.1 Å². The summed E-state index contributed by atoms with van der Waals surface area (Å²) in [6.07, 6.45) is 1.61. The minimum Gasteiger partial charge on any atom is -0.324 e. The molecule has 0 unspecified atom stereocenters. The highest BCUT2D eigenvalue weighted by molar-refractivity contribution is 6.32. The third kappa shape index (κ3) is 2.63. The van der Waals surface area contributed by atoms with E-state index in [9.17, 15) is 4.79 Å². The van der Waals surface area contributed by atoms with Gasteiger partial charge in [-0.1, -0.05) is 42.5 Å². The zero-order valence-corrected chi connectivity index (χ0v) is 14.1. The Labute approximate surface area is 146 Å². The van der Waals surface area contributed by atoms with Gasteiger partial charge in [0.1, 0.15) is 17.2 Å². The lowest BCUT2D eigenvalue weighted by Crippen LogP contribution is -2.43. The number of hydrogen-bond donors (Lipinski definition) is 1. The van der Waals surface area contributed by atoms with Crippen molar-refractivity contribution < 1.29 is 4.79 Å². The second kappa shape index (κ2) is 6.02. The van der Waals surface area contributed by atoms with Crippen molar-refractivity contribution in [1.29, 1.82) is 0 Å². The van der Waals surface area contributed by atoms with Crippen LogP contribution in [0.15, 0.2) is 76.4 Å². The molecule has 0 fully saturated rings. The highest BCUT2D eigenvalue weighted by Gasteiger charge is 2.32. The van der Waals surface area contributed by atoms with Crippen molar-refractivity contribution in [3.05, 3.63) is 71.9 Å². The fourth-order valence-electron chi connectivity index (χ4n) is 3.02. The highest BCUT2D eigenvalue weighted by Crippen LogP contribution is 2.34. The summed E-state index contributed by atoms with van der Waals surface area (Å²) in [7, 11) is 0. The molecule has 0 radical (unpaired) electrons. The molecular formula is C20H18N4O. The Morgan fingerprint density at radius 1 is 0.960 bits per heavy atom. The molecule has 0 atom stereocenters. The second-order valence-electron chi connectivity index (χ2n) is 6.23. The lowest BCUT2D eigenvalue weighted by molar-refractivity contribution is -0.115. The van der Waals surface area contributed by atoms with E-state index < -0.39 is 0 Å². The largest absolute Gasteiger partial charge is 0.324 e. The molecule has 2 heterocycles. The van der Waals surface area contributed by atoms with Crippen LogP contribution in [0.4, 0.5) is 11.4 Å². The molecule has 1 N–H and O–H groups in total. The number of para-hydroxylation sites is 2. The van der Waals surface area contributed by atoms with E-state index in [0.717, 1.165) is 16.9 Å². The van der Waals surface area contributed by atoms with Crippen molar-refractivity contribution in [2.45, 2.75) is 19.9 Å². The van der Waals surface area contributed by atoms with E-state index in [1.165, 1.54) is 0 Å². The van der Waals surface area contributed by atoms with Crippen molar-refractivity contribution in [3.63, 3.8) is 0 Å². The maximum atomic E-state index is 13.1. The normalized spacial score (nSPS) is 16.2. The lowest BCUT2D eigenvalue weighted by atomic mass is 10.1. The number of amidine groups is 2. The van der Waals surface area contributed by atoms with Crippen LogP contribution in [0.5, 0.6) is 0 Å². The fourth-order valence-corrected chi connectivity index (χ4v) is 3.02. The van der Waals surface area contributed by atoms with E-state index in [-0.39, 0.29) is 11.9 Å². The molecule has 0 aromatic heterocycles. The predicted octanol–water partition coefficient (Wildman–Crippen LogP) is 3.41. The summed E-state index contributed by atoms with van der Waals surface area (Å²) in [5.41, 5.74) is 3.01. The van der Waals surface area contributed by atoms with E-state index in [2.05, 4.69) is 10.3 Å². The Hall–Kier alpha value is -3.21. The molecule has 25 heavy (non-hydrogen) atoms. The SMILES string of the molecule is CC(C)N1C(=O)C2=CN=C(c3ccccc3)NC2=Nc2ccccc21. The summed E-state index contributed by atoms with van der Waals surface area (Å²) >= 11 is 0. The molecule has 2 aliphatic rings. The molecule has 2 aromatic rings. The fraction of sp³-hybridized carbons (Fsp3) is 0.150. The molecule has 2 aliphatic heterocycles. The Morgan fingerprint density at radius 2 is 1.68 bits per heavy atom. The topological polar surface area (TPSA) is 57.1 Å². The number of nitrogens with one attached hydrogen (secondary N) is 1. The van der Waals surface area contributed by atoms with Gasteiger partial charge in [0.2, 0.25) is 0 Å². The van der Waals surface area contributed by atoms with Crippen LogP contribution in [-0.2, 0) is 4.79 Å². The van der Waals surface area contributed by atoms with Crippen molar-refractivity contribution in [2.75, 3.05) is 4.90 Å². The van der Waals surface area contributed by atoms with Gasteiger partial charge >= 0.3 is 0 Å². The van der Waals surface area contributed by atoms with Crippen LogP contribution in [0.3, 0.4) is 0 Å². The Balaban J connectivity index is 1.85. The summed E-state index contributed by atoms with van der Waals surface area (Å²) in [6, 6.07) is 17.5. The lowest BCUT2D eigenvalue weighted by Gasteiger charge is -2.27. The van der Waals surface area contributed by atoms with Crippen molar-refractivity contribution in [3.8, 4) is 0 Å². The molecule has 4 rings (SSSR count). The number of rotatable bonds is 2. The zero-order valence-electron chi connectivity index (χ0n) is 14.1. The summed E-state index contributed by atoms with van der Waals surface area (Å²) in [5, 5.41) is 3.23. The van der Waals surface area contributed by atoms with Gasteiger partial charge in [0.15, 0.2) is 0 Å². The summed E-state index contributed by atoms with van der Waals surface area (Å²) in [5.74, 6) is 1.13. The molecule has 5 heteroatoms. The van der Waals surface area contributed by atoms with Crippen molar-refractivity contribution in [2.24, 2.45) is 9.98 Å². The number of aliphatic imine (C=N–C) groups is 2. The van der Waals surface area contributed by atoms with Gasteiger partial charge in [-0.25, -0.2) is 9.98 Å². The average Bonchev–Trinajstić information content (AvgIpc) is 2.75. The monoisotopic (exact) mass is 330 g/mol. The minimum absolute atomic E-state index is 0.0172. The summed E-state index contributed by atoms with van der Waals surface area (Å²) in [4.78, 5) is 24.0. The quantitative estimate of drug-likeness (QED) is 0.917. The van der Waals surface area contributed by atoms with Gasteiger partial charge in [0.25, 0.3) is 5.91 Å². The van der Waals surface area contributed by atoms with Crippen LogP contribution in [-0.4, -0.2) is 23.6 Å². The molecular weight excluding hydrogens is 312 g/mol. The first-order chi connectivity index (χ1) is 12.1. The number of benzene rings is 2. The zero-order chi connectivity index (χ0) is 17.4. The molecule has 0 spiro atoms. The number of hydrogen-bond acceptors (Lipinski definition) is 4. The smallest absolute Gasteiger partial charge is 0.263 e. The number of anilines is 1. The first-order valence-electron chi connectivity index (χ1n) is 8.27. The van der Waals surface area contributed by atoms with Gasteiger partial charge in [0, 0.05) is 17.8 Å². The van der Waals surface area contributed by atoms with E-state index >= 15 is 0 Å². The van der Waals surface area contributed by atoms with E-state index in [0.29, 0.717) is 17.2 Å². The van der Waals surface area contributed by atoms with E-state index in [4.69, 9.17) is 4.99 Å². The molecule has 5 nitrogen and oxygen atoms in total. The molecule has 0 saturated heterocycles. The Morgan fingerprint density at radius 3 is 2.44 bits per heavy atom. The van der Waals surface area contributed by atoms with Crippen molar-refractivity contribution in [1.82, 2.24) is 5.32 Å². The van der Waals surface area contributed by atoms with Crippen LogP contribution < -0.4 is 10.2 Å². The first kappa shape index (κ1) is 15.3. The molecule has 1 amide bonds. The Bertz CT molecular complexity index is 926. The standard InChI is InChI=1S/C20H18N4O/c1-13(2)24-17-11-7-6-10-16(17)22-19-15(20(24)25)12-21-18(23-19)14-8-4-3-5-9-14/h3-13H,1-2H3,(H,21,22,23). The van der Waals surface area contributed by atoms with Crippen LogP contribution in [0.25, 0.3) is 0 Å². The highest BCUT2D eigenvalue weighted by atomic mass is 16.2. The van der Waals surface area contributed by atoms with Crippen LogP contribution in [0.2, 0.25) is 0 Å². The maximum Gasteiger partial charge on any atom is 0.263 e. The third-order valence-electron chi connectivity index (χ3n) is 4.20. The minimum atomic E-state index is -0.0953. The van der Waals surface area contributed by atoms with E-state index in [1.807, 2.05) is 68.4 Å². The van der Waals surface area contributed by atoms with Gasteiger partial charge < -0.3 is 10.2 Å². The van der Waals surface area contributed by atoms with Crippen LogP contribution in [0.1, 0.15) is 19.4 Å². The summed E-state index contributed by atoms with van der Waals surface area (Å²) < 4.78 is 0. The molecule has 2 aromatic carbocycles. The van der Waals surface area contributed by atoms with Crippen LogP contribution in [0, 0.1) is 0 Å². The van der Waals surface area contributed by atoms with Gasteiger partial charge in [-0.15, -0.1) is 0 Å². The Kier molecular flexibility index (Phi) is 3.69. The second-order valence-corrected chi connectivity index (χ2v) is 6.23. The molecule has 124 valence electrons. The molecule has 0 saturated carbocycles. The number of amides is 1. The number of carbonyl (C=O) groups excluding carboxylic acids is 1. The average molecular weight is 330 g/mol. The van der Waals surface area contributed by atoms with Crippen LogP contribution >= 0.6 is 0 Å². The van der Waals surface area contributed by atoms with Gasteiger partial charge in [-0.05, 0) is 26.0 Å². The van der Waals surface area contributed by atoms with Crippen molar-refractivity contribution >= 4 is 29.0 Å². The maximum absolute atomic E-state index is 13.1. The van der Waals surface area contributed by atoms with Gasteiger partial charge in [-0.3, -0.25) is 4.79 Å².